The number of rotatable bonds is 7. The molecule has 3 atom stereocenters. The van der Waals surface area contributed by atoms with Crippen LogP contribution in [-0.2, 0) is 9.53 Å². The van der Waals surface area contributed by atoms with Crippen LogP contribution in [0.4, 0.5) is 0 Å². The first kappa shape index (κ1) is 17.4. The average molecular weight is 330 g/mol. The molecule has 2 aliphatic rings. The molecule has 1 aromatic carbocycles. The molecule has 3 rings (SSSR count). The summed E-state index contributed by atoms with van der Waals surface area (Å²) < 4.78 is 5.53. The quantitative estimate of drug-likeness (QED) is 0.781. The summed E-state index contributed by atoms with van der Waals surface area (Å²) in [4.78, 5) is 15.2. The summed E-state index contributed by atoms with van der Waals surface area (Å²) in [7, 11) is 0. The Morgan fingerprint density at radius 3 is 2.88 bits per heavy atom. The van der Waals surface area contributed by atoms with Gasteiger partial charge in [-0.25, -0.2) is 0 Å². The number of hydrogen-bond donors (Lipinski definition) is 1. The van der Waals surface area contributed by atoms with Crippen LogP contribution in [0.15, 0.2) is 30.3 Å². The third kappa shape index (κ3) is 3.98. The van der Waals surface area contributed by atoms with Gasteiger partial charge in [0.15, 0.2) is 0 Å². The third-order valence-electron chi connectivity index (χ3n) is 5.28. The van der Waals surface area contributed by atoms with Gasteiger partial charge in [-0.05, 0) is 51.6 Å². The largest absolute Gasteiger partial charge is 0.379 e. The predicted octanol–water partition coefficient (Wildman–Crippen LogP) is 3.14. The fourth-order valence-corrected chi connectivity index (χ4v) is 4.19. The lowest BCUT2D eigenvalue weighted by molar-refractivity contribution is -0.125. The molecule has 1 amide bonds. The number of amides is 1. The van der Waals surface area contributed by atoms with Gasteiger partial charge in [-0.15, -0.1) is 0 Å². The summed E-state index contributed by atoms with van der Waals surface area (Å²) in [5.41, 5.74) is 1.35. The second-order valence-electron chi connectivity index (χ2n) is 7.28. The van der Waals surface area contributed by atoms with E-state index in [9.17, 15) is 4.79 Å². The molecule has 2 saturated heterocycles. The molecule has 0 radical (unpaired) electrons. The molecule has 24 heavy (non-hydrogen) atoms. The minimum atomic E-state index is 0.128. The van der Waals surface area contributed by atoms with E-state index in [0.717, 1.165) is 25.8 Å². The first-order valence-corrected chi connectivity index (χ1v) is 9.37. The first-order valence-electron chi connectivity index (χ1n) is 9.37. The summed E-state index contributed by atoms with van der Waals surface area (Å²) in [5, 5.41) is 3.14. The maximum Gasteiger partial charge on any atom is 0.224 e. The van der Waals surface area contributed by atoms with Crippen molar-refractivity contribution in [3.05, 3.63) is 35.9 Å². The normalized spacial score (nSPS) is 26.7. The van der Waals surface area contributed by atoms with Gasteiger partial charge >= 0.3 is 0 Å². The van der Waals surface area contributed by atoms with Gasteiger partial charge in [0, 0.05) is 25.2 Å². The van der Waals surface area contributed by atoms with Crippen LogP contribution in [0.2, 0.25) is 0 Å². The summed E-state index contributed by atoms with van der Waals surface area (Å²) in [6, 6.07) is 11.5. The van der Waals surface area contributed by atoms with E-state index in [1.54, 1.807) is 0 Å². The van der Waals surface area contributed by atoms with Crippen LogP contribution in [0.1, 0.15) is 51.1 Å². The van der Waals surface area contributed by atoms with Crippen LogP contribution in [0.25, 0.3) is 0 Å². The lowest BCUT2D eigenvalue weighted by Gasteiger charge is -2.24. The van der Waals surface area contributed by atoms with E-state index in [4.69, 9.17) is 4.74 Å². The highest BCUT2D eigenvalue weighted by atomic mass is 16.5. The molecule has 2 heterocycles. The minimum absolute atomic E-state index is 0.128. The van der Waals surface area contributed by atoms with Gasteiger partial charge in [-0.1, -0.05) is 30.3 Å². The van der Waals surface area contributed by atoms with Gasteiger partial charge in [-0.2, -0.15) is 0 Å². The van der Waals surface area contributed by atoms with E-state index >= 15 is 0 Å². The van der Waals surface area contributed by atoms with Gasteiger partial charge in [0.05, 0.1) is 12.0 Å². The number of ether oxygens (including phenoxy) is 1. The zero-order chi connectivity index (χ0) is 16.9. The second kappa shape index (κ2) is 8.13. The number of nitrogens with zero attached hydrogens (tertiary/aromatic N) is 1. The molecule has 0 saturated carbocycles. The zero-order valence-corrected chi connectivity index (χ0v) is 14.9. The van der Waals surface area contributed by atoms with Gasteiger partial charge in [0.2, 0.25) is 5.91 Å². The van der Waals surface area contributed by atoms with E-state index in [-0.39, 0.29) is 17.9 Å². The Balaban J connectivity index is 1.55. The van der Waals surface area contributed by atoms with Crippen LogP contribution < -0.4 is 5.32 Å². The lowest BCUT2D eigenvalue weighted by Crippen LogP contribution is -2.38. The molecule has 132 valence electrons. The highest BCUT2D eigenvalue weighted by Crippen LogP contribution is 2.44. The lowest BCUT2D eigenvalue weighted by atomic mass is 9.93. The van der Waals surface area contributed by atoms with Crippen molar-refractivity contribution in [1.29, 1.82) is 0 Å². The monoisotopic (exact) mass is 330 g/mol. The third-order valence-corrected chi connectivity index (χ3v) is 5.28. The van der Waals surface area contributed by atoms with Crippen LogP contribution in [-0.4, -0.2) is 42.6 Å². The smallest absolute Gasteiger partial charge is 0.224 e. The molecule has 1 aromatic rings. The number of nitrogens with one attached hydrogen (secondary N) is 1. The fraction of sp³-hybridized carbons (Fsp3) is 0.650. The zero-order valence-electron chi connectivity index (χ0n) is 14.9. The van der Waals surface area contributed by atoms with E-state index < -0.39 is 0 Å². The summed E-state index contributed by atoms with van der Waals surface area (Å²) in [6.45, 7) is 6.62. The predicted molar refractivity (Wildman–Crippen MR) is 95.7 cm³/mol. The summed E-state index contributed by atoms with van der Waals surface area (Å²) in [5.74, 6) is 0.360. The van der Waals surface area contributed by atoms with Crippen LogP contribution in [0.5, 0.6) is 0 Å². The average Bonchev–Trinajstić information content (AvgIpc) is 3.17. The minimum Gasteiger partial charge on any atom is -0.379 e. The maximum absolute atomic E-state index is 12.7. The van der Waals surface area contributed by atoms with Crippen molar-refractivity contribution in [1.82, 2.24) is 10.2 Å². The van der Waals surface area contributed by atoms with Crippen molar-refractivity contribution in [2.24, 2.45) is 5.92 Å². The van der Waals surface area contributed by atoms with Crippen LogP contribution in [0.3, 0.4) is 0 Å². The van der Waals surface area contributed by atoms with Crippen molar-refractivity contribution < 1.29 is 9.53 Å². The van der Waals surface area contributed by atoms with E-state index in [2.05, 4.69) is 40.5 Å². The maximum atomic E-state index is 12.7. The summed E-state index contributed by atoms with van der Waals surface area (Å²) in [6.07, 6.45) is 4.45. The summed E-state index contributed by atoms with van der Waals surface area (Å²) >= 11 is 0. The van der Waals surface area contributed by atoms with Gasteiger partial charge < -0.3 is 10.1 Å². The van der Waals surface area contributed by atoms with Gasteiger partial charge in [0.25, 0.3) is 0 Å². The van der Waals surface area contributed by atoms with Gasteiger partial charge in [-0.3, -0.25) is 9.69 Å². The van der Waals surface area contributed by atoms with Crippen LogP contribution in [0, 0.1) is 5.92 Å². The molecule has 0 aromatic heterocycles. The molecule has 4 nitrogen and oxygen atoms in total. The van der Waals surface area contributed by atoms with Gasteiger partial charge in [0.1, 0.15) is 0 Å². The number of carbonyl (C=O) groups excluding carboxylic acids is 1. The number of benzene rings is 1. The van der Waals surface area contributed by atoms with Crippen molar-refractivity contribution in [2.75, 3.05) is 19.7 Å². The number of carbonyl (C=O) groups is 1. The molecule has 0 spiro atoms. The van der Waals surface area contributed by atoms with Crippen molar-refractivity contribution in [3.8, 4) is 0 Å². The Hall–Kier alpha value is -1.39. The highest BCUT2D eigenvalue weighted by Gasteiger charge is 2.46. The molecule has 2 aliphatic heterocycles. The first-order chi connectivity index (χ1) is 11.7. The molecule has 2 fully saturated rings. The molecule has 0 unspecified atom stereocenters. The highest BCUT2D eigenvalue weighted by molar-refractivity contribution is 5.80. The SMILES string of the molecule is CC(C)OCCCNC(=O)[C@@H]1C[C@H](c2ccccc2)N2CCC[C@@H]12. The molecule has 4 heteroatoms. The van der Waals surface area contributed by atoms with Crippen molar-refractivity contribution in [2.45, 2.75) is 57.7 Å². The Bertz CT molecular complexity index is 532. The number of hydrogen-bond acceptors (Lipinski definition) is 3. The van der Waals surface area contributed by atoms with E-state index in [1.807, 2.05) is 13.8 Å². The molecule has 0 bridgehead atoms. The Labute approximate surface area is 145 Å². The Kier molecular flexibility index (Phi) is 5.90. The topological polar surface area (TPSA) is 41.6 Å². The van der Waals surface area contributed by atoms with Crippen molar-refractivity contribution in [3.63, 3.8) is 0 Å². The fourth-order valence-electron chi connectivity index (χ4n) is 4.19. The Morgan fingerprint density at radius 1 is 1.33 bits per heavy atom. The van der Waals surface area contributed by atoms with Crippen LogP contribution >= 0.6 is 0 Å². The standard InChI is InChI=1S/C20H30N2O2/c1-15(2)24-13-7-11-21-20(23)17-14-19(16-8-4-3-5-9-16)22-12-6-10-18(17)22/h3-5,8-9,15,17-19H,6-7,10-14H2,1-2H3,(H,21,23)/t17-,18+,19-/m1/s1. The molecule has 1 N–H and O–H groups in total. The Morgan fingerprint density at radius 2 is 2.12 bits per heavy atom. The van der Waals surface area contributed by atoms with E-state index in [1.165, 1.54) is 12.0 Å². The number of fused-ring (bicyclic) bond motifs is 1. The molecular weight excluding hydrogens is 300 g/mol. The second-order valence-corrected chi connectivity index (χ2v) is 7.28. The molecule has 0 aliphatic carbocycles. The van der Waals surface area contributed by atoms with E-state index in [0.29, 0.717) is 25.2 Å². The molecular formula is C20H30N2O2. The van der Waals surface area contributed by atoms with Crippen molar-refractivity contribution >= 4 is 5.91 Å².